The molecule has 0 bridgehead atoms. The first-order valence-corrected chi connectivity index (χ1v) is 6.57. The fourth-order valence-corrected chi connectivity index (χ4v) is 2.98. The zero-order valence-electron chi connectivity index (χ0n) is 9.05. The van der Waals surface area contributed by atoms with Crippen LogP contribution in [0.3, 0.4) is 0 Å². The van der Waals surface area contributed by atoms with Crippen LogP contribution in [-0.2, 0) is 19.0 Å². The minimum absolute atomic E-state index is 0.238. The second-order valence-corrected chi connectivity index (χ2v) is 5.34. The van der Waals surface area contributed by atoms with E-state index in [4.69, 9.17) is 8.92 Å². The molecule has 5 heteroatoms. The maximum Gasteiger partial charge on any atom is 0.297 e. The number of hydrogen-bond donors (Lipinski definition) is 0. The summed E-state index contributed by atoms with van der Waals surface area (Å²) in [5.74, 6) is 0. The maximum atomic E-state index is 11.9. The van der Waals surface area contributed by atoms with Crippen molar-refractivity contribution in [2.75, 3.05) is 13.2 Å². The summed E-state index contributed by atoms with van der Waals surface area (Å²) >= 11 is 0. The van der Waals surface area contributed by atoms with E-state index in [1.54, 1.807) is 31.2 Å². The Morgan fingerprint density at radius 2 is 2.12 bits per heavy atom. The molecule has 1 heterocycles. The van der Waals surface area contributed by atoms with Crippen molar-refractivity contribution in [1.82, 2.24) is 0 Å². The summed E-state index contributed by atoms with van der Waals surface area (Å²) < 4.78 is 34.1. The molecule has 1 atom stereocenters. The summed E-state index contributed by atoms with van der Waals surface area (Å²) in [5, 5.41) is 0. The Hall–Kier alpha value is -0.910. The van der Waals surface area contributed by atoms with Crippen molar-refractivity contribution in [2.45, 2.75) is 24.3 Å². The van der Waals surface area contributed by atoms with Crippen molar-refractivity contribution in [3.05, 3.63) is 29.8 Å². The van der Waals surface area contributed by atoms with Crippen molar-refractivity contribution < 1.29 is 17.3 Å². The van der Waals surface area contributed by atoms with E-state index in [2.05, 4.69) is 0 Å². The molecule has 2 rings (SSSR count). The largest absolute Gasteiger partial charge is 0.379 e. The Kier molecular flexibility index (Phi) is 3.28. The van der Waals surface area contributed by atoms with E-state index in [0.29, 0.717) is 25.2 Å². The van der Waals surface area contributed by atoms with Crippen molar-refractivity contribution >= 4 is 10.1 Å². The summed E-state index contributed by atoms with van der Waals surface area (Å²) in [4.78, 5) is 0.238. The van der Waals surface area contributed by atoms with Crippen LogP contribution >= 0.6 is 0 Å². The van der Waals surface area contributed by atoms with E-state index in [1.807, 2.05) is 0 Å². The third-order valence-corrected chi connectivity index (χ3v) is 4.04. The van der Waals surface area contributed by atoms with Gasteiger partial charge in [-0.05, 0) is 18.6 Å². The molecular formula is C11H14O4S. The van der Waals surface area contributed by atoms with Crippen molar-refractivity contribution in [1.29, 1.82) is 0 Å². The molecule has 0 N–H and O–H groups in total. The van der Waals surface area contributed by atoms with Gasteiger partial charge < -0.3 is 4.74 Å². The molecule has 1 aliphatic rings. The minimum atomic E-state index is -3.65. The fraction of sp³-hybridized carbons (Fsp3) is 0.455. The highest BCUT2D eigenvalue weighted by Gasteiger charge is 2.25. The fourth-order valence-electron chi connectivity index (χ4n) is 1.66. The van der Waals surface area contributed by atoms with E-state index in [0.717, 1.165) is 0 Å². The SMILES string of the molecule is Cc1ccccc1S(=O)(=O)OC1CCOC1. The normalized spacial score (nSPS) is 21.2. The molecule has 0 radical (unpaired) electrons. The maximum absolute atomic E-state index is 11.9. The van der Waals surface area contributed by atoms with Gasteiger partial charge in [0.2, 0.25) is 0 Å². The molecule has 0 aromatic heterocycles. The highest BCUT2D eigenvalue weighted by Crippen LogP contribution is 2.20. The zero-order chi connectivity index (χ0) is 11.6. The molecule has 4 nitrogen and oxygen atoms in total. The van der Waals surface area contributed by atoms with Crippen LogP contribution in [0, 0.1) is 6.92 Å². The van der Waals surface area contributed by atoms with Gasteiger partial charge in [-0.25, -0.2) is 0 Å². The lowest BCUT2D eigenvalue weighted by Gasteiger charge is -2.11. The third-order valence-electron chi connectivity index (χ3n) is 2.51. The Labute approximate surface area is 95.3 Å². The van der Waals surface area contributed by atoms with Crippen LogP contribution < -0.4 is 0 Å². The van der Waals surface area contributed by atoms with Crippen LogP contribution in [0.5, 0.6) is 0 Å². The highest BCUT2D eigenvalue weighted by molar-refractivity contribution is 7.86. The highest BCUT2D eigenvalue weighted by atomic mass is 32.2. The Bertz CT molecular complexity index is 461. The predicted molar refractivity (Wildman–Crippen MR) is 58.7 cm³/mol. The van der Waals surface area contributed by atoms with Gasteiger partial charge in [-0.15, -0.1) is 0 Å². The molecule has 0 saturated carbocycles. The summed E-state index contributed by atoms with van der Waals surface area (Å²) in [7, 11) is -3.65. The average molecular weight is 242 g/mol. The first kappa shape index (κ1) is 11.6. The van der Waals surface area contributed by atoms with E-state index in [9.17, 15) is 8.42 Å². The smallest absolute Gasteiger partial charge is 0.297 e. The Balaban J connectivity index is 2.21. The number of aryl methyl sites for hydroxylation is 1. The lowest BCUT2D eigenvalue weighted by Crippen LogP contribution is -2.19. The van der Waals surface area contributed by atoms with Gasteiger partial charge in [-0.2, -0.15) is 8.42 Å². The molecule has 88 valence electrons. The number of hydrogen-bond acceptors (Lipinski definition) is 4. The van der Waals surface area contributed by atoms with Gasteiger partial charge in [-0.3, -0.25) is 4.18 Å². The van der Waals surface area contributed by atoms with E-state index in [-0.39, 0.29) is 11.0 Å². The van der Waals surface area contributed by atoms with Crippen LogP contribution in [0.25, 0.3) is 0 Å². The molecular weight excluding hydrogens is 228 g/mol. The lowest BCUT2D eigenvalue weighted by atomic mass is 10.2. The Morgan fingerprint density at radius 1 is 1.38 bits per heavy atom. The molecule has 1 saturated heterocycles. The van der Waals surface area contributed by atoms with Gasteiger partial charge in [0.1, 0.15) is 6.10 Å². The molecule has 1 fully saturated rings. The van der Waals surface area contributed by atoms with Gasteiger partial charge in [0.15, 0.2) is 0 Å². The topological polar surface area (TPSA) is 52.6 Å². The van der Waals surface area contributed by atoms with E-state index < -0.39 is 10.1 Å². The first-order chi connectivity index (χ1) is 7.59. The molecule has 1 aromatic carbocycles. The quantitative estimate of drug-likeness (QED) is 0.753. The van der Waals surface area contributed by atoms with Crippen LogP contribution in [0.4, 0.5) is 0 Å². The van der Waals surface area contributed by atoms with E-state index >= 15 is 0 Å². The van der Waals surface area contributed by atoms with Crippen molar-refractivity contribution in [3.8, 4) is 0 Å². The van der Waals surface area contributed by atoms with Gasteiger partial charge >= 0.3 is 0 Å². The summed E-state index contributed by atoms with van der Waals surface area (Å²) in [6, 6.07) is 6.79. The monoisotopic (exact) mass is 242 g/mol. The third kappa shape index (κ3) is 2.42. The van der Waals surface area contributed by atoms with Gasteiger partial charge in [0.25, 0.3) is 10.1 Å². The molecule has 1 aromatic rings. The summed E-state index contributed by atoms with van der Waals surface area (Å²) in [6.07, 6.45) is 0.287. The second-order valence-electron chi connectivity index (χ2n) is 3.80. The lowest BCUT2D eigenvalue weighted by molar-refractivity contribution is 0.145. The number of benzene rings is 1. The number of ether oxygens (including phenoxy) is 1. The zero-order valence-corrected chi connectivity index (χ0v) is 9.87. The average Bonchev–Trinajstić information content (AvgIpc) is 2.70. The molecule has 0 aliphatic carbocycles. The molecule has 0 amide bonds. The van der Waals surface area contributed by atoms with Crippen LogP contribution in [0.2, 0.25) is 0 Å². The molecule has 0 spiro atoms. The van der Waals surface area contributed by atoms with Gasteiger partial charge in [0.05, 0.1) is 11.5 Å². The van der Waals surface area contributed by atoms with Gasteiger partial charge in [-0.1, -0.05) is 18.2 Å². The molecule has 1 unspecified atom stereocenters. The van der Waals surface area contributed by atoms with Gasteiger partial charge in [0, 0.05) is 13.0 Å². The summed E-state index contributed by atoms with van der Waals surface area (Å²) in [6.45, 7) is 2.67. The molecule has 16 heavy (non-hydrogen) atoms. The van der Waals surface area contributed by atoms with Crippen molar-refractivity contribution in [3.63, 3.8) is 0 Å². The number of rotatable bonds is 3. The second kappa shape index (κ2) is 4.53. The van der Waals surface area contributed by atoms with Crippen LogP contribution in [0.1, 0.15) is 12.0 Å². The molecule has 1 aliphatic heterocycles. The standard InChI is InChI=1S/C11H14O4S/c1-9-4-2-3-5-11(9)16(12,13)15-10-6-7-14-8-10/h2-5,10H,6-8H2,1H3. The Morgan fingerprint density at radius 3 is 2.75 bits per heavy atom. The van der Waals surface area contributed by atoms with Crippen LogP contribution in [0.15, 0.2) is 29.2 Å². The predicted octanol–water partition coefficient (Wildman–Crippen LogP) is 1.49. The van der Waals surface area contributed by atoms with E-state index in [1.165, 1.54) is 0 Å². The first-order valence-electron chi connectivity index (χ1n) is 5.16. The minimum Gasteiger partial charge on any atom is -0.379 e. The van der Waals surface area contributed by atoms with Crippen molar-refractivity contribution in [2.24, 2.45) is 0 Å². The summed E-state index contributed by atoms with van der Waals surface area (Å²) in [5.41, 5.74) is 0.696. The van der Waals surface area contributed by atoms with Crippen LogP contribution in [-0.4, -0.2) is 27.7 Å².